The standard InChI is InChI=1S/C16H24O/c1-3-6-12(2)16(17)15-10-9-13-7-4-5-8-14(13)11-15/h9-12,16-17H,3-8H2,1-2H3. The van der Waals surface area contributed by atoms with E-state index in [1.807, 2.05) is 0 Å². The first-order valence-corrected chi connectivity index (χ1v) is 7.02. The van der Waals surface area contributed by atoms with Crippen LogP contribution < -0.4 is 0 Å². The molecule has 0 aromatic heterocycles. The molecule has 0 fully saturated rings. The summed E-state index contributed by atoms with van der Waals surface area (Å²) in [6, 6.07) is 6.60. The van der Waals surface area contributed by atoms with Crippen LogP contribution in [-0.2, 0) is 12.8 Å². The summed E-state index contributed by atoms with van der Waals surface area (Å²) >= 11 is 0. The van der Waals surface area contributed by atoms with Crippen molar-refractivity contribution in [2.24, 2.45) is 5.92 Å². The topological polar surface area (TPSA) is 20.2 Å². The summed E-state index contributed by atoms with van der Waals surface area (Å²) < 4.78 is 0. The number of aliphatic hydroxyl groups excluding tert-OH is 1. The molecule has 1 aliphatic carbocycles. The molecule has 1 nitrogen and oxygen atoms in total. The van der Waals surface area contributed by atoms with Gasteiger partial charge in [0.25, 0.3) is 0 Å². The Balaban J connectivity index is 2.15. The summed E-state index contributed by atoms with van der Waals surface area (Å²) in [7, 11) is 0. The number of fused-ring (bicyclic) bond motifs is 1. The lowest BCUT2D eigenvalue weighted by atomic mass is 9.87. The SMILES string of the molecule is CCCC(C)C(O)c1ccc2c(c1)CCCC2. The quantitative estimate of drug-likeness (QED) is 0.830. The molecule has 1 N–H and O–H groups in total. The van der Waals surface area contributed by atoms with E-state index in [0.717, 1.165) is 18.4 Å². The van der Waals surface area contributed by atoms with Crippen LogP contribution in [0.5, 0.6) is 0 Å². The predicted octanol–water partition coefficient (Wildman–Crippen LogP) is 4.04. The van der Waals surface area contributed by atoms with Crippen LogP contribution in [0.3, 0.4) is 0 Å². The highest BCUT2D eigenvalue weighted by atomic mass is 16.3. The monoisotopic (exact) mass is 232 g/mol. The molecule has 0 saturated heterocycles. The molecule has 1 aliphatic rings. The number of aryl methyl sites for hydroxylation is 2. The van der Waals surface area contributed by atoms with Crippen molar-refractivity contribution in [3.05, 3.63) is 34.9 Å². The van der Waals surface area contributed by atoms with Crippen molar-refractivity contribution in [1.82, 2.24) is 0 Å². The number of rotatable bonds is 4. The average Bonchev–Trinajstić information content (AvgIpc) is 2.37. The molecule has 0 amide bonds. The van der Waals surface area contributed by atoms with E-state index >= 15 is 0 Å². The number of hydrogen-bond acceptors (Lipinski definition) is 1. The van der Waals surface area contributed by atoms with E-state index in [1.165, 1.54) is 36.8 Å². The molecule has 0 saturated carbocycles. The molecular formula is C16H24O. The number of hydrogen-bond donors (Lipinski definition) is 1. The normalized spacial score (nSPS) is 18.5. The minimum atomic E-state index is -0.290. The van der Waals surface area contributed by atoms with Gasteiger partial charge >= 0.3 is 0 Å². The predicted molar refractivity (Wildman–Crippen MR) is 72.1 cm³/mol. The second-order valence-electron chi connectivity index (χ2n) is 5.45. The Morgan fingerprint density at radius 3 is 2.59 bits per heavy atom. The van der Waals surface area contributed by atoms with Gasteiger partial charge in [0.05, 0.1) is 6.10 Å². The van der Waals surface area contributed by atoms with Crippen LogP contribution in [0.1, 0.15) is 62.3 Å². The lowest BCUT2D eigenvalue weighted by Gasteiger charge is -2.22. The molecule has 2 unspecified atom stereocenters. The fourth-order valence-corrected chi connectivity index (χ4v) is 2.88. The van der Waals surface area contributed by atoms with Gasteiger partial charge < -0.3 is 5.11 Å². The van der Waals surface area contributed by atoms with Gasteiger partial charge in [-0.1, -0.05) is 38.5 Å². The van der Waals surface area contributed by atoms with Gasteiger partial charge in [-0.25, -0.2) is 0 Å². The van der Waals surface area contributed by atoms with Gasteiger partial charge in [-0.15, -0.1) is 0 Å². The smallest absolute Gasteiger partial charge is 0.0815 e. The molecule has 1 heteroatoms. The van der Waals surface area contributed by atoms with Crippen molar-refractivity contribution >= 4 is 0 Å². The van der Waals surface area contributed by atoms with Gasteiger partial charge in [0, 0.05) is 0 Å². The van der Waals surface area contributed by atoms with E-state index in [4.69, 9.17) is 0 Å². The lowest BCUT2D eigenvalue weighted by molar-refractivity contribution is 0.112. The molecule has 0 aliphatic heterocycles. The second-order valence-corrected chi connectivity index (χ2v) is 5.45. The highest BCUT2D eigenvalue weighted by molar-refractivity contribution is 5.34. The van der Waals surface area contributed by atoms with E-state index in [2.05, 4.69) is 32.0 Å². The first-order valence-electron chi connectivity index (χ1n) is 7.02. The molecular weight excluding hydrogens is 208 g/mol. The Morgan fingerprint density at radius 1 is 1.18 bits per heavy atom. The van der Waals surface area contributed by atoms with Crippen LogP contribution in [0.4, 0.5) is 0 Å². The third kappa shape index (κ3) is 2.90. The second kappa shape index (κ2) is 5.68. The minimum Gasteiger partial charge on any atom is -0.388 e. The third-order valence-electron chi connectivity index (χ3n) is 4.00. The van der Waals surface area contributed by atoms with Gasteiger partial charge in [0.2, 0.25) is 0 Å². The zero-order valence-electron chi connectivity index (χ0n) is 11.1. The molecule has 17 heavy (non-hydrogen) atoms. The van der Waals surface area contributed by atoms with Crippen molar-refractivity contribution < 1.29 is 5.11 Å². The summed E-state index contributed by atoms with van der Waals surface area (Å²) in [4.78, 5) is 0. The molecule has 0 radical (unpaired) electrons. The van der Waals surface area contributed by atoms with Crippen LogP contribution in [-0.4, -0.2) is 5.11 Å². The van der Waals surface area contributed by atoms with Gasteiger partial charge in [-0.05, 0) is 54.7 Å². The molecule has 2 rings (SSSR count). The van der Waals surface area contributed by atoms with Gasteiger partial charge in [-0.2, -0.15) is 0 Å². The number of benzene rings is 1. The Hall–Kier alpha value is -0.820. The largest absolute Gasteiger partial charge is 0.388 e. The fourth-order valence-electron chi connectivity index (χ4n) is 2.88. The summed E-state index contributed by atoms with van der Waals surface area (Å²) in [6.45, 7) is 4.32. The maximum absolute atomic E-state index is 10.3. The van der Waals surface area contributed by atoms with Crippen molar-refractivity contribution in [2.75, 3.05) is 0 Å². The van der Waals surface area contributed by atoms with Crippen molar-refractivity contribution in [1.29, 1.82) is 0 Å². The Kier molecular flexibility index (Phi) is 4.22. The van der Waals surface area contributed by atoms with Gasteiger partial charge in [-0.3, -0.25) is 0 Å². The van der Waals surface area contributed by atoms with E-state index in [1.54, 1.807) is 0 Å². The molecule has 0 bridgehead atoms. The van der Waals surface area contributed by atoms with Crippen molar-refractivity contribution in [3.63, 3.8) is 0 Å². The van der Waals surface area contributed by atoms with Crippen molar-refractivity contribution in [3.8, 4) is 0 Å². The summed E-state index contributed by atoms with van der Waals surface area (Å²) in [6.07, 6.45) is 6.98. The van der Waals surface area contributed by atoms with E-state index in [0.29, 0.717) is 5.92 Å². The Labute approximate surface area is 105 Å². The van der Waals surface area contributed by atoms with E-state index in [-0.39, 0.29) is 6.10 Å². The Morgan fingerprint density at radius 2 is 1.88 bits per heavy atom. The van der Waals surface area contributed by atoms with Crippen molar-refractivity contribution in [2.45, 2.75) is 58.5 Å². The third-order valence-corrected chi connectivity index (χ3v) is 4.00. The van der Waals surface area contributed by atoms with Crippen LogP contribution in [0.15, 0.2) is 18.2 Å². The van der Waals surface area contributed by atoms with Crippen LogP contribution in [0.2, 0.25) is 0 Å². The highest BCUT2D eigenvalue weighted by Crippen LogP contribution is 2.29. The van der Waals surface area contributed by atoms with Crippen LogP contribution >= 0.6 is 0 Å². The number of aliphatic hydroxyl groups is 1. The maximum Gasteiger partial charge on any atom is 0.0815 e. The first-order chi connectivity index (χ1) is 8.22. The molecule has 0 spiro atoms. The van der Waals surface area contributed by atoms with E-state index in [9.17, 15) is 5.11 Å². The summed E-state index contributed by atoms with van der Waals surface area (Å²) in [5, 5.41) is 10.3. The first kappa shape index (κ1) is 12.6. The Bertz CT molecular complexity index is 370. The summed E-state index contributed by atoms with van der Waals surface area (Å²) in [5.41, 5.74) is 4.08. The average molecular weight is 232 g/mol. The van der Waals surface area contributed by atoms with Gasteiger partial charge in [0.15, 0.2) is 0 Å². The van der Waals surface area contributed by atoms with E-state index < -0.39 is 0 Å². The highest BCUT2D eigenvalue weighted by Gasteiger charge is 2.17. The zero-order valence-corrected chi connectivity index (χ0v) is 11.1. The van der Waals surface area contributed by atoms with Crippen LogP contribution in [0.25, 0.3) is 0 Å². The molecule has 2 atom stereocenters. The molecule has 0 heterocycles. The zero-order chi connectivity index (χ0) is 12.3. The van der Waals surface area contributed by atoms with Crippen LogP contribution in [0, 0.1) is 5.92 Å². The molecule has 1 aromatic carbocycles. The minimum absolute atomic E-state index is 0.290. The van der Waals surface area contributed by atoms with Gasteiger partial charge in [0.1, 0.15) is 0 Å². The lowest BCUT2D eigenvalue weighted by Crippen LogP contribution is -2.11. The summed E-state index contributed by atoms with van der Waals surface area (Å²) in [5.74, 6) is 0.363. The fraction of sp³-hybridized carbons (Fsp3) is 0.625. The molecule has 94 valence electrons. The maximum atomic E-state index is 10.3. The molecule has 1 aromatic rings.